The van der Waals surface area contributed by atoms with Crippen LogP contribution in [0.25, 0.3) is 0 Å². The molecule has 0 aromatic heterocycles. The predicted molar refractivity (Wildman–Crippen MR) is 50.0 cm³/mol. The van der Waals surface area contributed by atoms with Crippen LogP contribution in [0.1, 0.15) is 0 Å². The SMILES string of the molecule is O=C(CCl)NC(O)C(Cl)(Cl)CCl. The summed E-state index contributed by atoms with van der Waals surface area (Å²) in [5.74, 6) is -1.05. The fourth-order valence-corrected chi connectivity index (χ4v) is 0.702. The summed E-state index contributed by atoms with van der Waals surface area (Å²) in [5, 5.41) is 11.2. The zero-order valence-electron chi connectivity index (χ0n) is 5.86. The summed E-state index contributed by atoms with van der Waals surface area (Å²) in [7, 11) is 0. The number of carbonyl (C=O) groups excluding carboxylic acids is 1. The number of nitrogens with one attached hydrogen (secondary N) is 1. The molecule has 0 radical (unpaired) electrons. The molecule has 2 N–H and O–H groups in total. The molecule has 1 unspecified atom stereocenters. The molecular formula is C5H7Cl4NO2. The highest BCUT2D eigenvalue weighted by atomic mass is 35.5. The fraction of sp³-hybridized carbons (Fsp3) is 0.800. The van der Waals surface area contributed by atoms with Crippen molar-refractivity contribution in [3.05, 3.63) is 0 Å². The van der Waals surface area contributed by atoms with Gasteiger partial charge in [0, 0.05) is 0 Å². The van der Waals surface area contributed by atoms with E-state index in [9.17, 15) is 4.79 Å². The molecule has 0 fully saturated rings. The van der Waals surface area contributed by atoms with E-state index in [0.717, 1.165) is 0 Å². The topological polar surface area (TPSA) is 49.3 Å². The number of hydrogen-bond acceptors (Lipinski definition) is 2. The Bertz CT molecular complexity index is 164. The Morgan fingerprint density at radius 1 is 1.50 bits per heavy atom. The van der Waals surface area contributed by atoms with E-state index in [4.69, 9.17) is 51.5 Å². The molecule has 0 heterocycles. The third-order valence-electron chi connectivity index (χ3n) is 0.997. The number of alkyl halides is 4. The Morgan fingerprint density at radius 3 is 2.33 bits per heavy atom. The van der Waals surface area contributed by atoms with Crippen molar-refractivity contribution in [3.63, 3.8) is 0 Å². The summed E-state index contributed by atoms with van der Waals surface area (Å²) in [5.41, 5.74) is 0. The van der Waals surface area contributed by atoms with Crippen molar-refractivity contribution in [2.75, 3.05) is 11.8 Å². The molecule has 0 saturated heterocycles. The molecular weight excluding hydrogens is 248 g/mol. The van der Waals surface area contributed by atoms with Crippen molar-refractivity contribution in [2.24, 2.45) is 0 Å². The molecule has 7 heteroatoms. The van der Waals surface area contributed by atoms with Crippen LogP contribution < -0.4 is 5.32 Å². The minimum Gasteiger partial charge on any atom is -0.370 e. The van der Waals surface area contributed by atoms with Gasteiger partial charge in [0.05, 0.1) is 5.88 Å². The molecule has 0 aromatic carbocycles. The molecule has 0 aliphatic heterocycles. The van der Waals surface area contributed by atoms with Crippen LogP contribution in [0.3, 0.4) is 0 Å². The monoisotopic (exact) mass is 253 g/mol. The maximum absolute atomic E-state index is 10.6. The highest BCUT2D eigenvalue weighted by Gasteiger charge is 2.33. The smallest absolute Gasteiger partial charge is 0.236 e. The first-order valence-corrected chi connectivity index (χ1v) is 4.73. The van der Waals surface area contributed by atoms with Gasteiger partial charge in [-0.2, -0.15) is 0 Å². The predicted octanol–water partition coefficient (Wildman–Crippen LogP) is 1.07. The molecule has 0 aromatic rings. The van der Waals surface area contributed by atoms with E-state index in [1.807, 2.05) is 0 Å². The summed E-state index contributed by atoms with van der Waals surface area (Å²) >= 11 is 21.4. The second-order valence-electron chi connectivity index (χ2n) is 2.00. The minimum atomic E-state index is -1.59. The van der Waals surface area contributed by atoms with Gasteiger partial charge in [-0.3, -0.25) is 4.79 Å². The van der Waals surface area contributed by atoms with Gasteiger partial charge < -0.3 is 10.4 Å². The summed E-state index contributed by atoms with van der Waals surface area (Å²) in [6.45, 7) is 0. The number of halogens is 4. The Kier molecular flexibility index (Phi) is 5.61. The zero-order valence-corrected chi connectivity index (χ0v) is 8.88. The van der Waals surface area contributed by atoms with Gasteiger partial charge in [-0.25, -0.2) is 0 Å². The van der Waals surface area contributed by atoms with Gasteiger partial charge in [0.1, 0.15) is 5.88 Å². The Hall–Kier alpha value is 0.590. The summed E-state index contributed by atoms with van der Waals surface area (Å²) in [4.78, 5) is 10.6. The van der Waals surface area contributed by atoms with Crippen molar-refractivity contribution in [3.8, 4) is 0 Å². The van der Waals surface area contributed by atoms with Crippen molar-refractivity contribution in [1.82, 2.24) is 5.32 Å². The van der Waals surface area contributed by atoms with E-state index < -0.39 is 16.5 Å². The molecule has 1 amide bonds. The molecule has 1 atom stereocenters. The third-order valence-corrected chi connectivity index (χ3v) is 2.62. The Morgan fingerprint density at radius 2 is 2.00 bits per heavy atom. The molecule has 0 aliphatic rings. The standard InChI is InChI=1S/C5H7Cl4NO2/c6-1-3(11)10-4(12)5(8,9)2-7/h4,12H,1-2H2,(H,10,11). The molecule has 0 bridgehead atoms. The maximum Gasteiger partial charge on any atom is 0.236 e. The van der Waals surface area contributed by atoms with Gasteiger partial charge in [0.15, 0.2) is 10.6 Å². The minimum absolute atomic E-state index is 0.208. The third kappa shape index (κ3) is 4.01. The van der Waals surface area contributed by atoms with E-state index >= 15 is 0 Å². The van der Waals surface area contributed by atoms with Crippen LogP contribution in [0.4, 0.5) is 0 Å². The average molecular weight is 255 g/mol. The number of aliphatic hydroxyl groups excluding tert-OH is 1. The molecule has 0 aliphatic carbocycles. The van der Waals surface area contributed by atoms with E-state index in [2.05, 4.69) is 5.32 Å². The van der Waals surface area contributed by atoms with Crippen LogP contribution in [0, 0.1) is 0 Å². The highest BCUT2D eigenvalue weighted by molar-refractivity contribution is 6.52. The second-order valence-corrected chi connectivity index (χ2v) is 4.08. The number of amides is 1. The van der Waals surface area contributed by atoms with Gasteiger partial charge >= 0.3 is 0 Å². The quantitative estimate of drug-likeness (QED) is 0.583. The first-order valence-electron chi connectivity index (χ1n) is 2.91. The lowest BCUT2D eigenvalue weighted by Crippen LogP contribution is -2.47. The Labute approximate surface area is 89.9 Å². The van der Waals surface area contributed by atoms with Crippen LogP contribution in [0.15, 0.2) is 0 Å². The Balaban J connectivity index is 4.02. The number of hydrogen-bond donors (Lipinski definition) is 2. The summed E-state index contributed by atoms with van der Waals surface area (Å²) < 4.78 is -1.59. The number of aliphatic hydroxyl groups is 1. The van der Waals surface area contributed by atoms with Gasteiger partial charge in [0.2, 0.25) is 5.91 Å². The average Bonchev–Trinajstić information content (AvgIpc) is 2.04. The second kappa shape index (κ2) is 5.35. The molecule has 12 heavy (non-hydrogen) atoms. The molecule has 0 saturated carbocycles. The normalized spacial score (nSPS) is 14.1. The summed E-state index contributed by atoms with van der Waals surface area (Å²) in [6.07, 6.45) is -1.43. The first kappa shape index (κ1) is 12.6. The zero-order chi connectivity index (χ0) is 9.78. The van der Waals surface area contributed by atoms with Crippen molar-refractivity contribution >= 4 is 52.3 Å². The lowest BCUT2D eigenvalue weighted by Gasteiger charge is -2.23. The van der Waals surface area contributed by atoms with Gasteiger partial charge in [-0.05, 0) is 0 Å². The van der Waals surface area contributed by atoms with Crippen LogP contribution in [0.5, 0.6) is 0 Å². The van der Waals surface area contributed by atoms with Gasteiger partial charge in [-0.1, -0.05) is 23.2 Å². The fourth-order valence-electron chi connectivity index (χ4n) is 0.370. The highest BCUT2D eigenvalue weighted by Crippen LogP contribution is 2.25. The van der Waals surface area contributed by atoms with Gasteiger partial charge in [0.25, 0.3) is 0 Å². The summed E-state index contributed by atoms with van der Waals surface area (Å²) in [6, 6.07) is 0. The number of carbonyl (C=O) groups is 1. The van der Waals surface area contributed by atoms with Crippen LogP contribution in [0.2, 0.25) is 0 Å². The van der Waals surface area contributed by atoms with Crippen LogP contribution >= 0.6 is 46.4 Å². The maximum atomic E-state index is 10.6. The van der Waals surface area contributed by atoms with Crippen molar-refractivity contribution < 1.29 is 9.90 Å². The van der Waals surface area contributed by atoms with E-state index in [0.29, 0.717) is 0 Å². The van der Waals surface area contributed by atoms with E-state index in [1.165, 1.54) is 0 Å². The molecule has 3 nitrogen and oxygen atoms in total. The first-order chi connectivity index (χ1) is 5.44. The van der Waals surface area contributed by atoms with Crippen molar-refractivity contribution in [2.45, 2.75) is 10.6 Å². The van der Waals surface area contributed by atoms with Crippen LogP contribution in [-0.4, -0.2) is 33.3 Å². The molecule has 0 spiro atoms. The van der Waals surface area contributed by atoms with Gasteiger partial charge in [-0.15, -0.1) is 23.2 Å². The van der Waals surface area contributed by atoms with E-state index in [-0.39, 0.29) is 11.8 Å². The lowest BCUT2D eigenvalue weighted by molar-refractivity contribution is -0.121. The van der Waals surface area contributed by atoms with E-state index in [1.54, 1.807) is 0 Å². The molecule has 0 rings (SSSR count). The van der Waals surface area contributed by atoms with Crippen LogP contribution in [-0.2, 0) is 4.79 Å². The lowest BCUT2D eigenvalue weighted by atomic mass is 10.4. The number of rotatable bonds is 4. The molecule has 72 valence electrons. The largest absolute Gasteiger partial charge is 0.370 e. The van der Waals surface area contributed by atoms with Crippen molar-refractivity contribution in [1.29, 1.82) is 0 Å².